The fourth-order valence-corrected chi connectivity index (χ4v) is 3.03. The van der Waals surface area contributed by atoms with Crippen molar-refractivity contribution in [2.75, 3.05) is 26.2 Å². The summed E-state index contributed by atoms with van der Waals surface area (Å²) in [5.41, 5.74) is 6.12. The molecule has 2 N–H and O–H groups in total. The molecule has 2 aliphatic rings. The predicted molar refractivity (Wildman–Crippen MR) is 95.5 cm³/mol. The molecule has 7 nitrogen and oxygen atoms in total. The summed E-state index contributed by atoms with van der Waals surface area (Å²) in [6.45, 7) is 8.18. The highest BCUT2D eigenvalue weighted by atomic mass is 127. The number of rotatable bonds is 2. The maximum Gasteiger partial charge on any atom is 0.191 e. The van der Waals surface area contributed by atoms with Gasteiger partial charge in [-0.25, -0.2) is 0 Å². The Balaban J connectivity index is 0.00000176. The molecule has 1 aromatic rings. The minimum atomic E-state index is 0. The van der Waals surface area contributed by atoms with Gasteiger partial charge in [0, 0.05) is 32.6 Å². The molecule has 0 spiro atoms. The van der Waals surface area contributed by atoms with Crippen LogP contribution in [-0.4, -0.2) is 58.0 Å². The maximum atomic E-state index is 6.12. The van der Waals surface area contributed by atoms with Gasteiger partial charge in [0.1, 0.15) is 11.6 Å². The highest BCUT2D eigenvalue weighted by Crippen LogP contribution is 2.20. The Bertz CT molecular complexity index is 531. The fourth-order valence-electron chi connectivity index (χ4n) is 3.03. The molecule has 8 heteroatoms. The van der Waals surface area contributed by atoms with Crippen molar-refractivity contribution >= 4 is 29.9 Å². The Kier molecular flexibility index (Phi) is 6.01. The number of hydrogen-bond acceptors (Lipinski definition) is 4. The average Bonchev–Trinajstić information content (AvgIpc) is 2.86. The summed E-state index contributed by atoms with van der Waals surface area (Å²) < 4.78 is 7.73. The first-order valence-electron chi connectivity index (χ1n) is 7.68. The van der Waals surface area contributed by atoms with E-state index in [-0.39, 0.29) is 30.1 Å². The van der Waals surface area contributed by atoms with Crippen LogP contribution in [0.15, 0.2) is 4.99 Å². The number of nitrogens with two attached hydrogens (primary N) is 1. The first-order chi connectivity index (χ1) is 10.1. The van der Waals surface area contributed by atoms with Crippen molar-refractivity contribution in [3.8, 4) is 0 Å². The zero-order valence-corrected chi connectivity index (χ0v) is 15.6. The SMILES string of the molecule is Cc1nnc2n1CC(CN=C(N)N1CCOC(C)C1)CC2.I. The molecule has 3 rings (SSSR count). The highest BCUT2D eigenvalue weighted by molar-refractivity contribution is 14.0. The van der Waals surface area contributed by atoms with Crippen LogP contribution in [0, 0.1) is 12.8 Å². The molecule has 1 saturated heterocycles. The number of nitrogens with zero attached hydrogens (tertiary/aromatic N) is 5. The summed E-state index contributed by atoms with van der Waals surface area (Å²) in [5, 5.41) is 8.34. The first-order valence-corrected chi connectivity index (χ1v) is 7.68. The van der Waals surface area contributed by atoms with Crippen molar-refractivity contribution in [2.45, 2.75) is 39.3 Å². The number of ether oxygens (including phenoxy) is 1. The number of hydrogen-bond donors (Lipinski definition) is 1. The van der Waals surface area contributed by atoms with E-state index in [9.17, 15) is 0 Å². The molecule has 0 bridgehead atoms. The van der Waals surface area contributed by atoms with Crippen molar-refractivity contribution in [3.63, 3.8) is 0 Å². The monoisotopic (exact) mass is 420 g/mol. The van der Waals surface area contributed by atoms with Crippen LogP contribution >= 0.6 is 24.0 Å². The van der Waals surface area contributed by atoms with Gasteiger partial charge in [-0.3, -0.25) is 4.99 Å². The van der Waals surface area contributed by atoms with Gasteiger partial charge in [0.25, 0.3) is 0 Å². The summed E-state index contributed by atoms with van der Waals surface area (Å²) in [6, 6.07) is 0. The quantitative estimate of drug-likeness (QED) is 0.435. The second-order valence-electron chi connectivity index (χ2n) is 6.01. The first kappa shape index (κ1) is 17.5. The number of halogens is 1. The Morgan fingerprint density at radius 2 is 2.23 bits per heavy atom. The van der Waals surface area contributed by atoms with Crippen molar-refractivity contribution in [1.82, 2.24) is 19.7 Å². The lowest BCUT2D eigenvalue weighted by molar-refractivity contribution is 0.00526. The summed E-state index contributed by atoms with van der Waals surface area (Å²) in [6.07, 6.45) is 2.31. The third kappa shape index (κ3) is 3.89. The molecule has 2 atom stereocenters. The third-order valence-corrected chi connectivity index (χ3v) is 4.31. The van der Waals surface area contributed by atoms with E-state index in [2.05, 4.69) is 31.6 Å². The molecule has 124 valence electrons. The molecule has 2 aliphatic heterocycles. The Labute approximate surface area is 148 Å². The molecule has 1 fully saturated rings. The number of guanidine groups is 1. The predicted octanol–water partition coefficient (Wildman–Crippen LogP) is 0.802. The number of aromatic nitrogens is 3. The minimum absolute atomic E-state index is 0. The Morgan fingerprint density at radius 1 is 1.41 bits per heavy atom. The van der Waals surface area contributed by atoms with E-state index in [4.69, 9.17) is 10.5 Å². The third-order valence-electron chi connectivity index (χ3n) is 4.31. The minimum Gasteiger partial charge on any atom is -0.375 e. The van der Waals surface area contributed by atoms with Crippen molar-refractivity contribution < 1.29 is 4.74 Å². The number of morpholine rings is 1. The summed E-state index contributed by atoms with van der Waals surface area (Å²) >= 11 is 0. The lowest BCUT2D eigenvalue weighted by Gasteiger charge is -2.32. The average molecular weight is 420 g/mol. The van der Waals surface area contributed by atoms with E-state index < -0.39 is 0 Å². The van der Waals surface area contributed by atoms with Gasteiger partial charge in [-0.15, -0.1) is 34.2 Å². The molecule has 0 aliphatic carbocycles. The molecule has 0 saturated carbocycles. The molecule has 22 heavy (non-hydrogen) atoms. The molecule has 3 heterocycles. The van der Waals surface area contributed by atoms with Gasteiger partial charge < -0.3 is 19.9 Å². The summed E-state index contributed by atoms with van der Waals surface area (Å²) in [5.74, 6) is 3.26. The van der Waals surface area contributed by atoms with Crippen LogP contribution in [0.4, 0.5) is 0 Å². The van der Waals surface area contributed by atoms with Crippen LogP contribution in [0.2, 0.25) is 0 Å². The number of fused-ring (bicyclic) bond motifs is 1. The number of aryl methyl sites for hydroxylation is 2. The van der Waals surface area contributed by atoms with Gasteiger partial charge in [0.15, 0.2) is 5.96 Å². The largest absolute Gasteiger partial charge is 0.375 e. The molecular weight excluding hydrogens is 395 g/mol. The van der Waals surface area contributed by atoms with Crippen molar-refractivity contribution in [2.24, 2.45) is 16.6 Å². The van der Waals surface area contributed by atoms with Gasteiger partial charge in [0.2, 0.25) is 0 Å². The van der Waals surface area contributed by atoms with Crippen LogP contribution in [0.5, 0.6) is 0 Å². The van der Waals surface area contributed by atoms with E-state index in [0.29, 0.717) is 11.9 Å². The topological polar surface area (TPSA) is 81.6 Å². The Morgan fingerprint density at radius 3 is 3.00 bits per heavy atom. The lowest BCUT2D eigenvalue weighted by Crippen LogP contribution is -2.48. The van der Waals surface area contributed by atoms with E-state index in [0.717, 1.165) is 57.3 Å². The van der Waals surface area contributed by atoms with Crippen LogP contribution < -0.4 is 5.73 Å². The van der Waals surface area contributed by atoms with Gasteiger partial charge in [-0.1, -0.05) is 0 Å². The standard InChI is InChI=1S/C14H24N6O.HI/c1-10-8-19(5-6-21-10)14(15)16-7-12-3-4-13-18-17-11(2)20(13)9-12;/h10,12H,3-9H2,1-2H3,(H2,15,16);1H. The fraction of sp³-hybridized carbons (Fsp3) is 0.786. The molecule has 0 radical (unpaired) electrons. The highest BCUT2D eigenvalue weighted by Gasteiger charge is 2.22. The normalized spacial score (nSPS) is 25.5. The van der Waals surface area contributed by atoms with Gasteiger partial charge in [0.05, 0.1) is 12.7 Å². The van der Waals surface area contributed by atoms with Gasteiger partial charge in [-0.05, 0) is 26.2 Å². The molecule has 0 aromatic carbocycles. The van der Waals surface area contributed by atoms with Gasteiger partial charge >= 0.3 is 0 Å². The molecule has 1 aromatic heterocycles. The summed E-state index contributed by atoms with van der Waals surface area (Å²) in [4.78, 5) is 6.72. The molecular formula is C14H25IN6O. The van der Waals surface area contributed by atoms with Crippen molar-refractivity contribution in [1.29, 1.82) is 0 Å². The van der Waals surface area contributed by atoms with Crippen LogP contribution in [-0.2, 0) is 17.7 Å². The zero-order valence-electron chi connectivity index (χ0n) is 13.2. The van der Waals surface area contributed by atoms with E-state index in [1.54, 1.807) is 0 Å². The lowest BCUT2D eigenvalue weighted by atomic mass is 9.99. The second-order valence-corrected chi connectivity index (χ2v) is 6.01. The van der Waals surface area contributed by atoms with Crippen molar-refractivity contribution in [3.05, 3.63) is 11.6 Å². The number of aliphatic imine (C=N–C) groups is 1. The Hall–Kier alpha value is -0.900. The van der Waals surface area contributed by atoms with E-state index in [1.165, 1.54) is 0 Å². The van der Waals surface area contributed by atoms with Crippen LogP contribution in [0.1, 0.15) is 25.0 Å². The zero-order chi connectivity index (χ0) is 14.8. The van der Waals surface area contributed by atoms with E-state index in [1.807, 2.05) is 6.92 Å². The smallest absolute Gasteiger partial charge is 0.191 e. The second kappa shape index (κ2) is 7.58. The van der Waals surface area contributed by atoms with E-state index >= 15 is 0 Å². The van der Waals surface area contributed by atoms with Gasteiger partial charge in [-0.2, -0.15) is 0 Å². The molecule has 0 amide bonds. The van der Waals surface area contributed by atoms with Crippen LogP contribution in [0.25, 0.3) is 0 Å². The summed E-state index contributed by atoms with van der Waals surface area (Å²) in [7, 11) is 0. The van der Waals surface area contributed by atoms with Crippen LogP contribution in [0.3, 0.4) is 0 Å². The maximum absolute atomic E-state index is 6.12. The molecule has 2 unspecified atom stereocenters.